The molecule has 0 aromatic heterocycles. The average Bonchev–Trinajstić information content (AvgIpc) is 3.20. The van der Waals surface area contributed by atoms with E-state index < -0.39 is 10.2 Å². The van der Waals surface area contributed by atoms with Gasteiger partial charge in [-0.15, -0.1) is 0 Å². The number of nitrogens with zero attached hydrogens (tertiary/aromatic N) is 5. The topological polar surface area (TPSA) is 88.0 Å². The van der Waals surface area contributed by atoms with E-state index in [2.05, 4.69) is 11.0 Å². The van der Waals surface area contributed by atoms with Crippen molar-refractivity contribution in [3.63, 3.8) is 0 Å². The first-order chi connectivity index (χ1) is 14.9. The lowest BCUT2D eigenvalue weighted by Crippen LogP contribution is -2.57. The van der Waals surface area contributed by atoms with E-state index in [4.69, 9.17) is 5.26 Å². The fourth-order valence-electron chi connectivity index (χ4n) is 5.04. The second kappa shape index (κ2) is 9.25. The number of hydrogen-bond acceptors (Lipinski definition) is 5. The van der Waals surface area contributed by atoms with E-state index in [0.29, 0.717) is 38.3 Å². The van der Waals surface area contributed by atoms with Crippen LogP contribution in [0.1, 0.15) is 44.1 Å². The minimum Gasteiger partial charge on any atom is -0.311 e. The lowest BCUT2D eigenvalue weighted by Gasteiger charge is -2.40. The molecule has 1 saturated carbocycles. The molecular weight excluding hydrogens is 414 g/mol. The van der Waals surface area contributed by atoms with Gasteiger partial charge in [0, 0.05) is 51.5 Å². The molecule has 1 aliphatic carbocycles. The van der Waals surface area contributed by atoms with Gasteiger partial charge in [0.25, 0.3) is 10.2 Å². The Balaban J connectivity index is 1.35. The molecule has 1 aromatic carbocycles. The van der Waals surface area contributed by atoms with Gasteiger partial charge in [-0.05, 0) is 43.5 Å². The Hall–Kier alpha value is -1.99. The van der Waals surface area contributed by atoms with Gasteiger partial charge in [0.05, 0.1) is 17.7 Å². The summed E-state index contributed by atoms with van der Waals surface area (Å²) in [6.07, 6.45) is 6.00. The van der Waals surface area contributed by atoms with Gasteiger partial charge in [-0.1, -0.05) is 19.3 Å². The number of anilines is 1. The summed E-state index contributed by atoms with van der Waals surface area (Å²) in [6.45, 7) is 2.60. The van der Waals surface area contributed by atoms with Gasteiger partial charge in [-0.3, -0.25) is 9.69 Å². The normalized spacial score (nSPS) is 24.6. The fourth-order valence-corrected chi connectivity index (χ4v) is 6.61. The Morgan fingerprint density at radius 2 is 1.61 bits per heavy atom. The Kier molecular flexibility index (Phi) is 6.63. The minimum atomic E-state index is -3.46. The van der Waals surface area contributed by atoms with Crippen molar-refractivity contribution < 1.29 is 13.2 Å². The smallest absolute Gasteiger partial charge is 0.282 e. The van der Waals surface area contributed by atoms with Gasteiger partial charge >= 0.3 is 0 Å². The molecule has 1 atom stereocenters. The van der Waals surface area contributed by atoms with Crippen LogP contribution < -0.4 is 4.90 Å². The molecule has 2 aliphatic heterocycles. The molecule has 8 nitrogen and oxygen atoms in total. The highest BCUT2D eigenvalue weighted by Crippen LogP contribution is 2.28. The number of carbonyl (C=O) groups excluding carboxylic acids is 1. The van der Waals surface area contributed by atoms with E-state index in [1.165, 1.54) is 6.42 Å². The van der Waals surface area contributed by atoms with Crippen LogP contribution in [0, 0.1) is 11.3 Å². The average molecular weight is 446 g/mol. The van der Waals surface area contributed by atoms with Gasteiger partial charge in [0.15, 0.2) is 0 Å². The number of hydrogen-bond donors (Lipinski definition) is 0. The van der Waals surface area contributed by atoms with Crippen LogP contribution in [0.5, 0.6) is 0 Å². The van der Waals surface area contributed by atoms with Crippen LogP contribution in [-0.2, 0) is 15.0 Å². The predicted molar refractivity (Wildman–Crippen MR) is 119 cm³/mol. The van der Waals surface area contributed by atoms with Crippen molar-refractivity contribution in [3.8, 4) is 6.07 Å². The lowest BCUT2D eigenvalue weighted by atomic mass is 9.96. The molecule has 31 heavy (non-hydrogen) atoms. The third-order valence-corrected chi connectivity index (χ3v) is 9.02. The van der Waals surface area contributed by atoms with E-state index in [9.17, 15) is 13.2 Å². The van der Waals surface area contributed by atoms with Gasteiger partial charge < -0.3 is 4.90 Å². The summed E-state index contributed by atoms with van der Waals surface area (Å²) in [6, 6.07) is 9.06. The zero-order chi connectivity index (χ0) is 22.0. The molecule has 2 heterocycles. The minimum absolute atomic E-state index is 0.0559. The van der Waals surface area contributed by atoms with Crippen LogP contribution in [0.25, 0.3) is 0 Å². The molecule has 1 amide bonds. The second-order valence-electron chi connectivity index (χ2n) is 8.70. The molecule has 9 heteroatoms. The summed E-state index contributed by atoms with van der Waals surface area (Å²) in [7, 11) is -1.75. The molecule has 0 spiro atoms. The maximum atomic E-state index is 13.1. The molecule has 0 radical (unpaired) electrons. The zero-order valence-electron chi connectivity index (χ0n) is 18.1. The largest absolute Gasteiger partial charge is 0.311 e. The van der Waals surface area contributed by atoms with Crippen molar-refractivity contribution in [2.24, 2.45) is 0 Å². The Bertz CT molecular complexity index is 929. The Labute approximate surface area is 185 Å². The van der Waals surface area contributed by atoms with Crippen LogP contribution in [0.2, 0.25) is 0 Å². The quantitative estimate of drug-likeness (QED) is 0.690. The molecule has 3 aliphatic rings. The highest BCUT2D eigenvalue weighted by molar-refractivity contribution is 7.86. The van der Waals surface area contributed by atoms with Crippen LogP contribution >= 0.6 is 0 Å². The molecule has 2 saturated heterocycles. The van der Waals surface area contributed by atoms with Crippen molar-refractivity contribution in [1.82, 2.24) is 13.5 Å². The first-order valence-electron chi connectivity index (χ1n) is 11.2. The Morgan fingerprint density at radius 3 is 2.23 bits per heavy atom. The van der Waals surface area contributed by atoms with E-state index in [-0.39, 0.29) is 18.0 Å². The third kappa shape index (κ3) is 4.48. The van der Waals surface area contributed by atoms with Crippen LogP contribution in [0.3, 0.4) is 0 Å². The molecule has 1 unspecified atom stereocenters. The van der Waals surface area contributed by atoms with Crippen molar-refractivity contribution in [3.05, 3.63) is 29.8 Å². The van der Waals surface area contributed by atoms with Gasteiger partial charge in [0.1, 0.15) is 0 Å². The first kappa shape index (κ1) is 22.2. The highest BCUT2D eigenvalue weighted by Gasteiger charge is 2.40. The summed E-state index contributed by atoms with van der Waals surface area (Å²) in [5.41, 5.74) is 1.38. The van der Waals surface area contributed by atoms with Gasteiger partial charge in [-0.2, -0.15) is 22.3 Å². The van der Waals surface area contributed by atoms with Gasteiger partial charge in [0.2, 0.25) is 5.91 Å². The summed E-state index contributed by atoms with van der Waals surface area (Å²) in [5.74, 6) is 0.0559. The molecule has 0 bridgehead atoms. The standard InChI is InChI=1S/C22H31N5O3S/c1-24(19-5-3-2-4-6-19)31(29,30)26-15-13-25(14-16-26)21-11-12-27(22(21)28)20-9-7-18(17-23)8-10-20/h7-10,19,21H,2-6,11-16H2,1H3. The highest BCUT2D eigenvalue weighted by atomic mass is 32.2. The van der Waals surface area contributed by atoms with Crippen LogP contribution in [0.4, 0.5) is 5.69 Å². The van der Waals surface area contributed by atoms with E-state index >= 15 is 0 Å². The van der Waals surface area contributed by atoms with E-state index in [1.54, 1.807) is 32.7 Å². The SMILES string of the molecule is CN(C1CCCCC1)S(=O)(=O)N1CCN(C2CCN(c3ccc(C#N)cc3)C2=O)CC1. The maximum Gasteiger partial charge on any atom is 0.282 e. The van der Waals surface area contributed by atoms with Crippen molar-refractivity contribution in [2.45, 2.75) is 50.6 Å². The number of benzene rings is 1. The van der Waals surface area contributed by atoms with Crippen LogP contribution in [-0.4, -0.2) is 79.7 Å². The molecule has 0 N–H and O–H groups in total. The summed E-state index contributed by atoms with van der Waals surface area (Å²) in [5, 5.41) is 8.96. The summed E-state index contributed by atoms with van der Waals surface area (Å²) < 4.78 is 29.4. The summed E-state index contributed by atoms with van der Waals surface area (Å²) in [4.78, 5) is 16.9. The predicted octanol–water partition coefficient (Wildman–Crippen LogP) is 1.79. The number of nitriles is 1. The fraction of sp³-hybridized carbons (Fsp3) is 0.636. The van der Waals surface area contributed by atoms with Crippen molar-refractivity contribution >= 4 is 21.8 Å². The van der Waals surface area contributed by atoms with Crippen molar-refractivity contribution in [1.29, 1.82) is 5.26 Å². The van der Waals surface area contributed by atoms with E-state index in [0.717, 1.165) is 37.8 Å². The third-order valence-electron chi connectivity index (χ3n) is 6.98. The number of carbonyl (C=O) groups is 1. The number of rotatable bonds is 5. The van der Waals surface area contributed by atoms with Crippen molar-refractivity contribution in [2.75, 3.05) is 44.7 Å². The van der Waals surface area contributed by atoms with E-state index in [1.807, 2.05) is 12.1 Å². The van der Waals surface area contributed by atoms with Gasteiger partial charge in [-0.25, -0.2) is 0 Å². The molecule has 3 fully saturated rings. The zero-order valence-corrected chi connectivity index (χ0v) is 18.9. The molecular formula is C22H31N5O3S. The second-order valence-corrected chi connectivity index (χ2v) is 10.7. The lowest BCUT2D eigenvalue weighted by molar-refractivity contribution is -0.122. The maximum absolute atomic E-state index is 13.1. The summed E-state index contributed by atoms with van der Waals surface area (Å²) >= 11 is 0. The molecule has 1 aromatic rings. The number of amides is 1. The first-order valence-corrected chi connectivity index (χ1v) is 12.6. The Morgan fingerprint density at radius 1 is 0.968 bits per heavy atom. The van der Waals surface area contributed by atoms with Crippen LogP contribution in [0.15, 0.2) is 24.3 Å². The number of piperazine rings is 1. The molecule has 4 rings (SSSR count). The monoisotopic (exact) mass is 445 g/mol. The molecule has 168 valence electrons.